The van der Waals surface area contributed by atoms with Crippen LogP contribution in [0.4, 0.5) is 0 Å². The fraction of sp³-hybridized carbons (Fsp3) is 0.650. The molecule has 1 amide bonds. The van der Waals surface area contributed by atoms with Gasteiger partial charge < -0.3 is 10.1 Å². The molecule has 0 unspecified atom stereocenters. The van der Waals surface area contributed by atoms with Crippen molar-refractivity contribution in [2.75, 3.05) is 52.5 Å². The van der Waals surface area contributed by atoms with Crippen LogP contribution in [0, 0.1) is 5.92 Å². The second-order valence-electron chi connectivity index (χ2n) is 7.68. The minimum absolute atomic E-state index is 0.0466. The standard InChI is InChI=1S/C20H30ClN3O4S/c21-19-6-1-4-17(14-19)16-29(26,27)24-9-2-5-18(15-24)20(25)22-7-3-8-23-10-12-28-13-11-23/h1,4,6,14,18H,2-3,5,7-13,15-16H2,(H,22,25)/t18-/m0/s1. The Hall–Kier alpha value is -1.19. The van der Waals surface area contributed by atoms with E-state index in [1.807, 2.05) is 0 Å². The lowest BCUT2D eigenvalue weighted by Crippen LogP contribution is -2.46. The molecule has 9 heteroatoms. The van der Waals surface area contributed by atoms with Gasteiger partial charge in [-0.3, -0.25) is 9.69 Å². The molecule has 0 bridgehead atoms. The summed E-state index contributed by atoms with van der Waals surface area (Å²) in [6.07, 6.45) is 2.30. The number of ether oxygens (including phenoxy) is 1. The topological polar surface area (TPSA) is 79.0 Å². The van der Waals surface area contributed by atoms with Crippen LogP contribution in [0.5, 0.6) is 0 Å². The maximum atomic E-state index is 12.8. The molecule has 29 heavy (non-hydrogen) atoms. The van der Waals surface area contributed by atoms with Gasteiger partial charge in [0.15, 0.2) is 0 Å². The molecular weight excluding hydrogens is 414 g/mol. The number of rotatable bonds is 8. The molecule has 7 nitrogen and oxygen atoms in total. The zero-order valence-electron chi connectivity index (χ0n) is 16.7. The average molecular weight is 444 g/mol. The number of hydrogen-bond donors (Lipinski definition) is 1. The molecule has 1 aromatic carbocycles. The molecule has 0 spiro atoms. The second-order valence-corrected chi connectivity index (χ2v) is 10.1. The first-order valence-corrected chi connectivity index (χ1v) is 12.2. The maximum Gasteiger partial charge on any atom is 0.224 e. The fourth-order valence-electron chi connectivity index (χ4n) is 3.82. The Morgan fingerprint density at radius 3 is 2.79 bits per heavy atom. The number of carbonyl (C=O) groups excluding carboxylic acids is 1. The molecule has 2 saturated heterocycles. The lowest BCUT2D eigenvalue weighted by Gasteiger charge is -2.31. The first kappa shape index (κ1) is 22.5. The van der Waals surface area contributed by atoms with Crippen molar-refractivity contribution in [2.24, 2.45) is 5.92 Å². The molecule has 2 fully saturated rings. The van der Waals surface area contributed by atoms with Crippen molar-refractivity contribution in [1.82, 2.24) is 14.5 Å². The summed E-state index contributed by atoms with van der Waals surface area (Å²) in [5, 5.41) is 3.50. The first-order valence-electron chi connectivity index (χ1n) is 10.2. The van der Waals surface area contributed by atoms with E-state index in [9.17, 15) is 13.2 Å². The van der Waals surface area contributed by atoms with Crippen molar-refractivity contribution in [3.8, 4) is 0 Å². The molecule has 2 heterocycles. The van der Waals surface area contributed by atoms with Crippen LogP contribution in [-0.4, -0.2) is 76.0 Å². The lowest BCUT2D eigenvalue weighted by atomic mass is 9.99. The van der Waals surface area contributed by atoms with Gasteiger partial charge in [-0.1, -0.05) is 23.7 Å². The molecule has 0 saturated carbocycles. The number of carbonyl (C=O) groups is 1. The number of nitrogens with zero attached hydrogens (tertiary/aromatic N) is 2. The monoisotopic (exact) mass is 443 g/mol. The lowest BCUT2D eigenvalue weighted by molar-refractivity contribution is -0.126. The minimum Gasteiger partial charge on any atom is -0.379 e. The van der Waals surface area contributed by atoms with E-state index in [0.717, 1.165) is 45.7 Å². The average Bonchev–Trinajstić information content (AvgIpc) is 2.71. The normalized spacial score (nSPS) is 21.8. The predicted molar refractivity (Wildman–Crippen MR) is 113 cm³/mol. The van der Waals surface area contributed by atoms with E-state index < -0.39 is 10.0 Å². The zero-order chi connectivity index (χ0) is 20.7. The third-order valence-electron chi connectivity index (χ3n) is 5.44. The molecule has 1 atom stereocenters. The minimum atomic E-state index is -3.48. The van der Waals surface area contributed by atoms with Crippen LogP contribution in [0.2, 0.25) is 5.02 Å². The van der Waals surface area contributed by atoms with E-state index in [2.05, 4.69) is 10.2 Å². The summed E-state index contributed by atoms with van der Waals surface area (Å²) >= 11 is 5.96. The Morgan fingerprint density at radius 1 is 1.24 bits per heavy atom. The quantitative estimate of drug-likeness (QED) is 0.619. The van der Waals surface area contributed by atoms with Gasteiger partial charge in [0.25, 0.3) is 0 Å². The highest BCUT2D eigenvalue weighted by molar-refractivity contribution is 7.88. The van der Waals surface area contributed by atoms with E-state index in [1.165, 1.54) is 4.31 Å². The van der Waals surface area contributed by atoms with Crippen molar-refractivity contribution in [3.05, 3.63) is 34.9 Å². The highest BCUT2D eigenvalue weighted by Gasteiger charge is 2.32. The Labute approximate surface area is 178 Å². The summed E-state index contributed by atoms with van der Waals surface area (Å²) in [5.74, 6) is -0.433. The van der Waals surface area contributed by atoms with E-state index in [1.54, 1.807) is 24.3 Å². The number of amides is 1. The SMILES string of the molecule is O=C(NCCCN1CCOCC1)[C@H]1CCCN(S(=O)(=O)Cc2cccc(Cl)c2)C1. The van der Waals surface area contributed by atoms with Gasteiger partial charge in [0, 0.05) is 37.7 Å². The van der Waals surface area contributed by atoms with E-state index >= 15 is 0 Å². The molecule has 0 aliphatic carbocycles. The van der Waals surface area contributed by atoms with Crippen molar-refractivity contribution in [2.45, 2.75) is 25.0 Å². The molecule has 0 radical (unpaired) electrons. The van der Waals surface area contributed by atoms with Gasteiger partial charge in [0.05, 0.1) is 24.9 Å². The number of nitrogens with one attached hydrogen (secondary N) is 1. The van der Waals surface area contributed by atoms with Crippen LogP contribution in [0.25, 0.3) is 0 Å². The van der Waals surface area contributed by atoms with Crippen LogP contribution in [0.1, 0.15) is 24.8 Å². The largest absolute Gasteiger partial charge is 0.379 e. The van der Waals surface area contributed by atoms with Crippen molar-refractivity contribution in [1.29, 1.82) is 0 Å². The van der Waals surface area contributed by atoms with E-state index in [4.69, 9.17) is 16.3 Å². The summed E-state index contributed by atoms with van der Waals surface area (Å²) in [4.78, 5) is 14.9. The number of halogens is 1. The molecule has 162 valence electrons. The Balaban J connectivity index is 1.45. The van der Waals surface area contributed by atoms with E-state index in [-0.39, 0.29) is 24.1 Å². The van der Waals surface area contributed by atoms with E-state index in [0.29, 0.717) is 30.1 Å². The van der Waals surface area contributed by atoms with Crippen LogP contribution in [-0.2, 0) is 25.3 Å². The highest BCUT2D eigenvalue weighted by Crippen LogP contribution is 2.22. The van der Waals surface area contributed by atoms with Crippen molar-refractivity contribution < 1.29 is 17.9 Å². The van der Waals surface area contributed by atoms with Crippen LogP contribution < -0.4 is 5.32 Å². The molecule has 0 aromatic heterocycles. The summed E-state index contributed by atoms with van der Waals surface area (Å²) in [6, 6.07) is 6.89. The Bertz CT molecular complexity index is 784. The van der Waals surface area contributed by atoms with Gasteiger partial charge in [0.1, 0.15) is 0 Å². The van der Waals surface area contributed by atoms with Gasteiger partial charge in [-0.05, 0) is 43.5 Å². The number of morpholine rings is 1. The summed E-state index contributed by atoms with van der Waals surface area (Å²) in [5.41, 5.74) is 0.659. The Kier molecular flexibility index (Phi) is 8.32. The zero-order valence-corrected chi connectivity index (χ0v) is 18.3. The molecule has 2 aliphatic heterocycles. The van der Waals surface area contributed by atoms with Crippen LogP contribution >= 0.6 is 11.6 Å². The number of sulfonamides is 1. The number of hydrogen-bond acceptors (Lipinski definition) is 5. The fourth-order valence-corrected chi connectivity index (χ4v) is 5.63. The first-order chi connectivity index (χ1) is 13.9. The maximum absolute atomic E-state index is 12.8. The number of benzene rings is 1. The third kappa shape index (κ3) is 6.93. The van der Waals surface area contributed by atoms with Crippen molar-refractivity contribution >= 4 is 27.5 Å². The molecule has 1 aromatic rings. The number of piperidine rings is 1. The third-order valence-corrected chi connectivity index (χ3v) is 7.49. The van der Waals surface area contributed by atoms with Crippen LogP contribution in [0.15, 0.2) is 24.3 Å². The van der Waals surface area contributed by atoms with Crippen molar-refractivity contribution in [3.63, 3.8) is 0 Å². The Morgan fingerprint density at radius 2 is 2.03 bits per heavy atom. The second kappa shape index (κ2) is 10.7. The summed E-state index contributed by atoms with van der Waals surface area (Å²) in [7, 11) is -3.48. The molecule has 3 rings (SSSR count). The summed E-state index contributed by atoms with van der Waals surface area (Å²) in [6.45, 7) is 5.69. The van der Waals surface area contributed by atoms with Gasteiger partial charge in [-0.2, -0.15) is 0 Å². The summed E-state index contributed by atoms with van der Waals surface area (Å²) < 4.78 is 32.4. The van der Waals surface area contributed by atoms with Gasteiger partial charge >= 0.3 is 0 Å². The molecule has 2 aliphatic rings. The predicted octanol–water partition coefficient (Wildman–Crippen LogP) is 1.72. The van der Waals surface area contributed by atoms with Gasteiger partial charge in [-0.15, -0.1) is 0 Å². The smallest absolute Gasteiger partial charge is 0.224 e. The highest BCUT2D eigenvalue weighted by atomic mass is 35.5. The van der Waals surface area contributed by atoms with Crippen LogP contribution in [0.3, 0.4) is 0 Å². The molecule has 1 N–H and O–H groups in total. The van der Waals surface area contributed by atoms with Gasteiger partial charge in [0.2, 0.25) is 15.9 Å². The molecular formula is C20H30ClN3O4S. The van der Waals surface area contributed by atoms with Gasteiger partial charge in [-0.25, -0.2) is 12.7 Å².